The molecule has 31 heavy (non-hydrogen) atoms. The van der Waals surface area contributed by atoms with Crippen LogP contribution in [0.15, 0.2) is 30.6 Å². The summed E-state index contributed by atoms with van der Waals surface area (Å²) in [6, 6.07) is 4.23. The lowest BCUT2D eigenvalue weighted by Crippen LogP contribution is -2.14. The van der Waals surface area contributed by atoms with Gasteiger partial charge in [0.1, 0.15) is 5.75 Å². The Labute approximate surface area is 177 Å². The minimum atomic E-state index is -3.09. The van der Waals surface area contributed by atoms with Gasteiger partial charge < -0.3 is 18.6 Å². The zero-order valence-electron chi connectivity index (χ0n) is 16.9. The second-order valence-corrected chi connectivity index (χ2v) is 7.80. The van der Waals surface area contributed by atoms with E-state index in [1.807, 2.05) is 6.20 Å². The van der Waals surface area contributed by atoms with E-state index in [0.29, 0.717) is 36.4 Å². The van der Waals surface area contributed by atoms with Gasteiger partial charge in [0.05, 0.1) is 36.0 Å². The van der Waals surface area contributed by atoms with Crippen molar-refractivity contribution in [3.05, 3.63) is 53.1 Å². The molecule has 162 valence electrons. The molecule has 0 radical (unpaired) electrons. The number of carbonyl (C=O) groups excluding carboxylic acids is 1. The first-order valence-electron chi connectivity index (χ1n) is 10.1. The van der Waals surface area contributed by atoms with Gasteiger partial charge in [0.15, 0.2) is 12.4 Å². The molecule has 4 heterocycles. The van der Waals surface area contributed by atoms with Gasteiger partial charge in [-0.1, -0.05) is 6.07 Å². The Morgan fingerprint density at radius 3 is 2.84 bits per heavy atom. The molecule has 0 amide bonds. The van der Waals surface area contributed by atoms with Crippen molar-refractivity contribution >= 4 is 11.4 Å². The third-order valence-corrected chi connectivity index (χ3v) is 5.76. The largest absolute Gasteiger partial charge is 0.486 e. The summed E-state index contributed by atoms with van der Waals surface area (Å²) in [5.74, 6) is -2.88. The molecule has 5 rings (SSSR count). The van der Waals surface area contributed by atoms with E-state index in [1.54, 1.807) is 10.6 Å². The first-order chi connectivity index (χ1) is 15.0. The monoisotopic (exact) mass is 429 g/mol. The number of methoxy groups -OCH3 is 1. The zero-order chi connectivity index (χ0) is 21.6. The highest BCUT2D eigenvalue weighted by Crippen LogP contribution is 2.43. The number of para-hydroxylation sites is 1. The van der Waals surface area contributed by atoms with Gasteiger partial charge in [0.25, 0.3) is 5.88 Å². The number of halogens is 2. The molecule has 9 heteroatoms. The van der Waals surface area contributed by atoms with Gasteiger partial charge >= 0.3 is 5.92 Å². The SMILES string of the molecule is COc1nc(CC(=O)c2cccc3c2OCC3(F)F)cn2cc(C3CCOCC3)nc12. The molecule has 1 saturated heterocycles. The molecule has 2 aromatic heterocycles. The van der Waals surface area contributed by atoms with Crippen LogP contribution < -0.4 is 9.47 Å². The van der Waals surface area contributed by atoms with Crippen LogP contribution in [-0.4, -0.2) is 47.1 Å². The number of carbonyl (C=O) groups is 1. The third kappa shape index (κ3) is 3.52. The van der Waals surface area contributed by atoms with E-state index >= 15 is 0 Å². The second-order valence-electron chi connectivity index (χ2n) is 7.80. The second kappa shape index (κ2) is 7.56. The van der Waals surface area contributed by atoms with Crippen LogP contribution in [0.3, 0.4) is 0 Å². The Morgan fingerprint density at radius 1 is 1.26 bits per heavy atom. The van der Waals surface area contributed by atoms with Crippen LogP contribution in [0.2, 0.25) is 0 Å². The summed E-state index contributed by atoms with van der Waals surface area (Å²) in [4.78, 5) is 22.0. The number of benzene rings is 1. The van der Waals surface area contributed by atoms with Crippen molar-refractivity contribution in [2.75, 3.05) is 26.9 Å². The third-order valence-electron chi connectivity index (χ3n) is 5.76. The Balaban J connectivity index is 1.46. The highest BCUT2D eigenvalue weighted by atomic mass is 19.3. The molecular formula is C22H21F2N3O4. The molecule has 7 nitrogen and oxygen atoms in total. The highest BCUT2D eigenvalue weighted by molar-refractivity contribution is 6.00. The minimum absolute atomic E-state index is 0.0463. The molecule has 2 aliphatic heterocycles. The van der Waals surface area contributed by atoms with Crippen LogP contribution in [0.1, 0.15) is 46.1 Å². The molecule has 1 fully saturated rings. The lowest BCUT2D eigenvalue weighted by molar-refractivity contribution is -0.0214. The topological polar surface area (TPSA) is 75.0 Å². The summed E-state index contributed by atoms with van der Waals surface area (Å²) in [7, 11) is 1.50. The Morgan fingerprint density at radius 2 is 2.06 bits per heavy atom. The summed E-state index contributed by atoms with van der Waals surface area (Å²) in [6.45, 7) is 0.654. The number of imidazole rings is 1. The smallest absolute Gasteiger partial charge is 0.310 e. The first kappa shape index (κ1) is 19.9. The standard InChI is InChI=1S/C22H21F2N3O4/c1-29-21-20-26-17(13-5-7-30-8-6-13)11-27(20)10-14(25-21)9-18(28)15-3-2-4-16-19(15)31-12-22(16,23)24/h2-4,10-11,13H,5-9,12H2,1H3. The molecule has 0 aliphatic carbocycles. The van der Waals surface area contributed by atoms with E-state index in [-0.39, 0.29) is 29.1 Å². The maximum absolute atomic E-state index is 14.0. The van der Waals surface area contributed by atoms with Crippen molar-refractivity contribution in [3.63, 3.8) is 0 Å². The molecule has 0 spiro atoms. The Bertz CT molecular complexity index is 1160. The quantitative estimate of drug-likeness (QED) is 0.578. The average Bonchev–Trinajstić information content (AvgIpc) is 3.34. The summed E-state index contributed by atoms with van der Waals surface area (Å²) < 4.78 is 45.7. The van der Waals surface area contributed by atoms with E-state index in [9.17, 15) is 13.6 Å². The van der Waals surface area contributed by atoms with Crippen molar-refractivity contribution in [2.45, 2.75) is 31.1 Å². The molecule has 1 aromatic carbocycles. The fourth-order valence-corrected chi connectivity index (χ4v) is 4.15. The number of ketones is 1. The van der Waals surface area contributed by atoms with E-state index < -0.39 is 12.5 Å². The number of rotatable bonds is 5. The molecule has 0 atom stereocenters. The molecule has 0 saturated carbocycles. The number of nitrogens with zero attached hydrogens (tertiary/aromatic N) is 3. The minimum Gasteiger partial charge on any atom is -0.486 e. The number of Topliss-reactive ketones (excluding diaryl/α,β-unsaturated/α-hetero) is 1. The molecule has 2 aliphatic rings. The number of fused-ring (bicyclic) bond motifs is 2. The van der Waals surface area contributed by atoms with Crippen LogP contribution in [-0.2, 0) is 17.1 Å². The van der Waals surface area contributed by atoms with Gasteiger partial charge in [-0.15, -0.1) is 0 Å². The summed E-state index contributed by atoms with van der Waals surface area (Å²) >= 11 is 0. The predicted octanol–water partition coefficient (Wildman–Crippen LogP) is 3.54. The number of ether oxygens (including phenoxy) is 3. The highest BCUT2D eigenvalue weighted by Gasteiger charge is 2.43. The van der Waals surface area contributed by atoms with Gasteiger partial charge in [-0.2, -0.15) is 8.78 Å². The summed E-state index contributed by atoms with van der Waals surface area (Å²) in [5, 5.41) is 0. The van der Waals surface area contributed by atoms with Crippen LogP contribution >= 0.6 is 0 Å². The Kier molecular flexibility index (Phi) is 4.85. The van der Waals surface area contributed by atoms with E-state index in [1.165, 1.54) is 25.3 Å². The molecular weight excluding hydrogens is 408 g/mol. The fraction of sp³-hybridized carbons (Fsp3) is 0.409. The number of hydrogen-bond donors (Lipinski definition) is 0. The normalized spacial score (nSPS) is 18.0. The van der Waals surface area contributed by atoms with Crippen LogP contribution in [0.4, 0.5) is 8.78 Å². The van der Waals surface area contributed by atoms with E-state index in [2.05, 4.69) is 9.97 Å². The van der Waals surface area contributed by atoms with Crippen molar-refractivity contribution < 1.29 is 27.8 Å². The molecule has 0 bridgehead atoms. The van der Waals surface area contributed by atoms with Gasteiger partial charge in [0.2, 0.25) is 5.65 Å². The number of alkyl halides is 2. The van der Waals surface area contributed by atoms with Gasteiger partial charge in [-0.25, -0.2) is 9.97 Å². The molecule has 0 unspecified atom stereocenters. The molecule has 3 aromatic rings. The predicted molar refractivity (Wildman–Crippen MR) is 106 cm³/mol. The zero-order valence-corrected chi connectivity index (χ0v) is 16.9. The van der Waals surface area contributed by atoms with Gasteiger partial charge in [-0.3, -0.25) is 4.79 Å². The number of aromatic nitrogens is 3. The van der Waals surface area contributed by atoms with E-state index in [0.717, 1.165) is 18.5 Å². The Hall–Kier alpha value is -3.07. The van der Waals surface area contributed by atoms with Gasteiger partial charge in [0, 0.05) is 31.5 Å². The lowest BCUT2D eigenvalue weighted by Gasteiger charge is -2.19. The van der Waals surface area contributed by atoms with Crippen LogP contribution in [0.25, 0.3) is 5.65 Å². The van der Waals surface area contributed by atoms with Crippen molar-refractivity contribution in [2.24, 2.45) is 0 Å². The summed E-state index contributed by atoms with van der Waals surface area (Å²) in [6.07, 6.45) is 5.36. The van der Waals surface area contributed by atoms with Crippen LogP contribution in [0, 0.1) is 0 Å². The maximum Gasteiger partial charge on any atom is 0.310 e. The van der Waals surface area contributed by atoms with Gasteiger partial charge in [-0.05, 0) is 25.0 Å². The molecule has 0 N–H and O–H groups in total. The van der Waals surface area contributed by atoms with Crippen molar-refractivity contribution in [1.29, 1.82) is 0 Å². The maximum atomic E-state index is 14.0. The number of hydrogen-bond acceptors (Lipinski definition) is 6. The van der Waals surface area contributed by atoms with Crippen LogP contribution in [0.5, 0.6) is 11.6 Å². The fourth-order valence-electron chi connectivity index (χ4n) is 4.15. The summed E-state index contributed by atoms with van der Waals surface area (Å²) in [5.41, 5.74) is 1.83. The average molecular weight is 429 g/mol. The van der Waals surface area contributed by atoms with Crippen molar-refractivity contribution in [3.8, 4) is 11.6 Å². The van der Waals surface area contributed by atoms with E-state index in [4.69, 9.17) is 14.2 Å². The van der Waals surface area contributed by atoms with Crippen molar-refractivity contribution in [1.82, 2.24) is 14.4 Å². The first-order valence-corrected chi connectivity index (χ1v) is 10.1. The lowest BCUT2D eigenvalue weighted by atomic mass is 9.97.